The van der Waals surface area contributed by atoms with Crippen molar-refractivity contribution in [2.75, 3.05) is 13.7 Å². The van der Waals surface area contributed by atoms with Crippen LogP contribution in [0.2, 0.25) is 5.02 Å². The third-order valence-corrected chi connectivity index (χ3v) is 10.7. The lowest BCUT2D eigenvalue weighted by Crippen LogP contribution is -2.51. The van der Waals surface area contributed by atoms with Crippen LogP contribution in [-0.2, 0) is 20.8 Å². The fraction of sp³-hybridized carbons (Fsp3) is 0.500. The molecule has 0 spiro atoms. The molecular formula is C38H48ClNO4. The maximum absolute atomic E-state index is 14.4. The van der Waals surface area contributed by atoms with Gasteiger partial charge in [-0.25, -0.2) is 0 Å². The van der Waals surface area contributed by atoms with Crippen molar-refractivity contribution in [3.8, 4) is 0 Å². The van der Waals surface area contributed by atoms with E-state index in [1.807, 2.05) is 52.1 Å². The average molecular weight is 618 g/mol. The van der Waals surface area contributed by atoms with Crippen LogP contribution in [0.15, 0.2) is 84.9 Å². The first kappa shape index (κ1) is 32.7. The summed E-state index contributed by atoms with van der Waals surface area (Å²) >= 11 is 6.24. The highest BCUT2D eigenvalue weighted by atomic mass is 35.5. The fourth-order valence-electron chi connectivity index (χ4n) is 8.10. The van der Waals surface area contributed by atoms with Gasteiger partial charge in [0.15, 0.2) is 0 Å². The van der Waals surface area contributed by atoms with Crippen molar-refractivity contribution in [3.05, 3.63) is 107 Å². The molecule has 2 saturated carbocycles. The number of rotatable bonds is 11. The van der Waals surface area contributed by atoms with Crippen molar-refractivity contribution in [1.29, 1.82) is 0 Å². The number of hydrogen-bond acceptors (Lipinski definition) is 5. The Morgan fingerprint density at radius 2 is 1.59 bits per heavy atom. The number of halogens is 1. The first-order valence-electron chi connectivity index (χ1n) is 15.9. The molecule has 2 bridgehead atoms. The van der Waals surface area contributed by atoms with Gasteiger partial charge in [0.05, 0.1) is 18.2 Å². The van der Waals surface area contributed by atoms with E-state index in [2.05, 4.69) is 55.1 Å². The number of fused-ring (bicyclic) bond motifs is 2. The van der Waals surface area contributed by atoms with E-state index in [1.54, 1.807) is 24.3 Å². The lowest BCUT2D eigenvalue weighted by molar-refractivity contribution is -0.170. The molecule has 3 aromatic rings. The molecule has 6 atom stereocenters. The molecule has 2 aliphatic carbocycles. The Morgan fingerprint density at radius 3 is 2.16 bits per heavy atom. The number of benzene rings is 3. The summed E-state index contributed by atoms with van der Waals surface area (Å²) in [6, 6.07) is 27.2. The molecule has 0 aromatic heterocycles. The molecule has 2 fully saturated rings. The predicted molar refractivity (Wildman–Crippen MR) is 176 cm³/mol. The minimum Gasteiger partial charge on any atom is -0.460 e. The third kappa shape index (κ3) is 6.48. The van der Waals surface area contributed by atoms with Gasteiger partial charge in [0.2, 0.25) is 0 Å². The van der Waals surface area contributed by atoms with Crippen LogP contribution in [0, 0.1) is 22.7 Å². The molecule has 5 rings (SSSR count). The highest BCUT2D eigenvalue weighted by Gasteiger charge is 2.65. The lowest BCUT2D eigenvalue weighted by atomic mass is 9.67. The van der Waals surface area contributed by atoms with Gasteiger partial charge in [-0.1, -0.05) is 98.2 Å². The van der Waals surface area contributed by atoms with Gasteiger partial charge >= 0.3 is 5.97 Å². The number of nitrogens with zero attached hydrogens (tertiary/aromatic N) is 1. The molecule has 0 unspecified atom stereocenters. The Balaban J connectivity index is 1.69. The van der Waals surface area contributed by atoms with Crippen LogP contribution < -0.4 is 0 Å². The second kappa shape index (κ2) is 13.0. The first-order valence-corrected chi connectivity index (χ1v) is 16.3. The molecular weight excluding hydrogens is 570 g/mol. The molecule has 2 aliphatic rings. The van der Waals surface area contributed by atoms with Crippen LogP contribution in [0.4, 0.5) is 0 Å². The van der Waals surface area contributed by atoms with Gasteiger partial charge in [0, 0.05) is 30.6 Å². The quantitative estimate of drug-likeness (QED) is 0.219. The summed E-state index contributed by atoms with van der Waals surface area (Å²) in [5.41, 5.74) is 1.95. The molecule has 6 heteroatoms. The Hall–Kier alpha value is -2.70. The third-order valence-electron chi connectivity index (χ3n) is 10.5. The number of esters is 1. The average Bonchev–Trinajstić information content (AvgIpc) is 3.35. The largest absolute Gasteiger partial charge is 0.460 e. The normalized spacial score (nSPS) is 24.7. The monoisotopic (exact) mass is 617 g/mol. The second-order valence-corrected chi connectivity index (χ2v) is 14.8. The van der Waals surface area contributed by atoms with Gasteiger partial charge in [-0.05, 0) is 80.2 Å². The van der Waals surface area contributed by atoms with E-state index in [0.717, 1.165) is 30.5 Å². The first-order chi connectivity index (χ1) is 20.9. The summed E-state index contributed by atoms with van der Waals surface area (Å²) in [7, 11) is 1.84. The molecule has 0 amide bonds. The summed E-state index contributed by atoms with van der Waals surface area (Å²) in [5, 5.41) is 12.8. The van der Waals surface area contributed by atoms with E-state index in [1.165, 1.54) is 6.42 Å². The number of ether oxygens (including phenoxy) is 2. The fourth-order valence-corrected chi connectivity index (χ4v) is 8.22. The van der Waals surface area contributed by atoms with E-state index in [9.17, 15) is 9.90 Å². The van der Waals surface area contributed by atoms with Crippen LogP contribution in [0.1, 0.15) is 82.7 Å². The van der Waals surface area contributed by atoms with Gasteiger partial charge in [-0.2, -0.15) is 0 Å². The summed E-state index contributed by atoms with van der Waals surface area (Å²) < 4.78 is 12.3. The van der Waals surface area contributed by atoms with Gasteiger partial charge in [0.25, 0.3) is 0 Å². The number of carbonyl (C=O) groups is 1. The lowest BCUT2D eigenvalue weighted by Gasteiger charge is -2.48. The van der Waals surface area contributed by atoms with Crippen molar-refractivity contribution in [2.24, 2.45) is 22.7 Å². The van der Waals surface area contributed by atoms with Gasteiger partial charge in [-0.3, -0.25) is 9.69 Å². The van der Waals surface area contributed by atoms with Crippen LogP contribution in [0.25, 0.3) is 0 Å². The van der Waals surface area contributed by atoms with Crippen molar-refractivity contribution >= 4 is 17.6 Å². The van der Waals surface area contributed by atoms with E-state index in [4.69, 9.17) is 21.1 Å². The smallest absolute Gasteiger partial charge is 0.314 e. The van der Waals surface area contributed by atoms with Crippen LogP contribution in [0.3, 0.4) is 0 Å². The van der Waals surface area contributed by atoms with E-state index in [-0.39, 0.29) is 16.9 Å². The molecule has 0 radical (unpaired) electrons. The molecule has 5 nitrogen and oxygen atoms in total. The van der Waals surface area contributed by atoms with Gasteiger partial charge in [-0.15, -0.1) is 0 Å². The molecule has 236 valence electrons. The second-order valence-electron chi connectivity index (χ2n) is 14.4. The summed E-state index contributed by atoms with van der Waals surface area (Å²) in [6.07, 6.45) is 2.26. The number of aliphatic hydroxyl groups excluding tert-OH is 1. The summed E-state index contributed by atoms with van der Waals surface area (Å²) in [5.74, 6) is -0.759. The Morgan fingerprint density at radius 1 is 0.977 bits per heavy atom. The van der Waals surface area contributed by atoms with Gasteiger partial charge in [0.1, 0.15) is 11.5 Å². The number of methoxy groups -OCH3 is 1. The van der Waals surface area contributed by atoms with E-state index in [0.29, 0.717) is 23.0 Å². The zero-order chi connectivity index (χ0) is 31.7. The summed E-state index contributed by atoms with van der Waals surface area (Å²) in [6.45, 7) is 11.7. The minimum atomic E-state index is -1.13. The van der Waals surface area contributed by atoms with Crippen LogP contribution in [0.5, 0.6) is 0 Å². The highest BCUT2D eigenvalue weighted by molar-refractivity contribution is 6.30. The highest BCUT2D eigenvalue weighted by Crippen LogP contribution is 2.67. The number of hydrogen-bond donors (Lipinski definition) is 1. The van der Waals surface area contributed by atoms with Crippen molar-refractivity contribution in [2.45, 2.75) is 84.3 Å². The number of aliphatic hydroxyl groups is 1. The molecule has 3 aromatic carbocycles. The Kier molecular flexibility index (Phi) is 9.63. The van der Waals surface area contributed by atoms with Crippen molar-refractivity contribution in [1.82, 2.24) is 4.90 Å². The van der Waals surface area contributed by atoms with Crippen LogP contribution in [-0.4, -0.2) is 41.3 Å². The van der Waals surface area contributed by atoms with Crippen molar-refractivity contribution in [3.63, 3.8) is 0 Å². The maximum atomic E-state index is 14.4. The Bertz CT molecular complexity index is 1390. The van der Waals surface area contributed by atoms with Gasteiger partial charge < -0.3 is 14.6 Å². The number of carbonyl (C=O) groups excluding carboxylic acids is 1. The molecule has 0 saturated heterocycles. The van der Waals surface area contributed by atoms with E-state index >= 15 is 0 Å². The SMILES string of the molecule is CO[C@@H]1C[C@H]2CC[C@]1(CN(Cc1ccccc1)[C@H](c1ccccc1)[C@H](C(=O)OC(C)(C)C)[C@@H](O)c1ccc(Cl)cc1)C2(C)C. The zero-order valence-corrected chi connectivity index (χ0v) is 27.8. The summed E-state index contributed by atoms with van der Waals surface area (Å²) in [4.78, 5) is 16.8. The molecule has 44 heavy (non-hydrogen) atoms. The minimum absolute atomic E-state index is 0.0556. The Labute approximate surface area is 268 Å². The topological polar surface area (TPSA) is 59.0 Å². The predicted octanol–water partition coefficient (Wildman–Crippen LogP) is 8.42. The molecule has 0 aliphatic heterocycles. The standard InChI is InChI=1S/C38H48ClNO4/c1-36(2,3)44-35(42)32(34(41)28-17-19-30(39)20-18-28)33(27-15-11-8-12-16-27)40(24-26-13-9-7-10-14-26)25-38-22-21-29(37(38,4)5)23-31(38)43-6/h7-20,29,31-34,41H,21-25H2,1-6H3/t29-,31-,32+,33-,34+,38-/m1/s1. The molecule has 1 N–H and O–H groups in total. The zero-order valence-electron chi connectivity index (χ0n) is 27.0. The maximum Gasteiger partial charge on any atom is 0.314 e. The van der Waals surface area contributed by atoms with Crippen LogP contribution >= 0.6 is 11.6 Å². The van der Waals surface area contributed by atoms with E-state index < -0.39 is 29.6 Å². The molecule has 0 heterocycles. The van der Waals surface area contributed by atoms with Crippen molar-refractivity contribution < 1.29 is 19.4 Å².